The van der Waals surface area contributed by atoms with Gasteiger partial charge in [0.2, 0.25) is 0 Å². The summed E-state index contributed by atoms with van der Waals surface area (Å²) < 4.78 is 76.8. The van der Waals surface area contributed by atoms with Crippen molar-refractivity contribution in [1.29, 1.82) is 0 Å². The third-order valence-electron chi connectivity index (χ3n) is 5.92. The summed E-state index contributed by atoms with van der Waals surface area (Å²) in [5, 5.41) is 0. The zero-order valence-corrected chi connectivity index (χ0v) is 20.5. The summed E-state index contributed by atoms with van der Waals surface area (Å²) in [6.07, 6.45) is -9.39. The molecule has 0 saturated heterocycles. The normalized spacial score (nSPS) is 11.6. The van der Waals surface area contributed by atoms with E-state index < -0.39 is 34.9 Å². The molecule has 0 unspecified atom stereocenters. The van der Waals surface area contributed by atoms with Gasteiger partial charge in [-0.15, -0.1) is 0 Å². The van der Waals surface area contributed by atoms with E-state index in [-0.39, 0.29) is 11.1 Å². The fraction of sp³-hybridized carbons (Fsp3) is 0.143. The quantitative estimate of drug-likeness (QED) is 0.157. The standard InChI is InChI=1S/C14H10F6N2.C14H16N2/c15-13(16,17)9-5-7(1-3-11(9)21)8-2-4-12(22)10(6-8)14(18,19)20;1-9-7-11(3-5-13(9)15)12-4-6-14(16)10(2)8-12/h1-6H,21-22H2;3-8H,15-16H2,1-2H3. The zero-order valence-electron chi connectivity index (χ0n) is 20.5. The highest BCUT2D eigenvalue weighted by molar-refractivity contribution is 5.72. The van der Waals surface area contributed by atoms with Gasteiger partial charge in [-0.3, -0.25) is 0 Å². The Kier molecular flexibility index (Phi) is 7.85. The Morgan fingerprint density at radius 2 is 0.684 bits per heavy atom. The molecule has 0 saturated carbocycles. The fourth-order valence-electron chi connectivity index (χ4n) is 3.67. The maximum atomic E-state index is 12.8. The lowest BCUT2D eigenvalue weighted by Crippen LogP contribution is -2.10. The van der Waals surface area contributed by atoms with E-state index in [1.54, 1.807) is 0 Å². The van der Waals surface area contributed by atoms with Crippen LogP contribution in [-0.4, -0.2) is 0 Å². The topological polar surface area (TPSA) is 104 Å². The van der Waals surface area contributed by atoms with Crippen molar-refractivity contribution < 1.29 is 26.3 Å². The number of nitrogen functional groups attached to an aromatic ring is 4. The molecule has 0 aromatic heterocycles. The Morgan fingerprint density at radius 1 is 0.421 bits per heavy atom. The monoisotopic (exact) mass is 532 g/mol. The SMILES string of the molecule is Cc1cc(-c2ccc(N)c(C)c2)ccc1N.Nc1ccc(-c2ccc(N)c(C(F)(F)F)c2)cc1C(F)(F)F. The van der Waals surface area contributed by atoms with Gasteiger partial charge in [0.25, 0.3) is 0 Å². The van der Waals surface area contributed by atoms with Gasteiger partial charge in [0.1, 0.15) is 0 Å². The Balaban J connectivity index is 0.000000221. The van der Waals surface area contributed by atoms with Crippen LogP contribution in [0.25, 0.3) is 22.3 Å². The first-order chi connectivity index (χ1) is 17.6. The van der Waals surface area contributed by atoms with Crippen LogP contribution in [0.5, 0.6) is 0 Å². The molecule has 4 aromatic rings. The van der Waals surface area contributed by atoms with Gasteiger partial charge in [0.05, 0.1) is 11.1 Å². The molecule has 0 atom stereocenters. The maximum absolute atomic E-state index is 12.8. The lowest BCUT2D eigenvalue weighted by Gasteiger charge is -2.14. The summed E-state index contributed by atoms with van der Waals surface area (Å²) in [5.74, 6) is 0. The summed E-state index contributed by atoms with van der Waals surface area (Å²) in [5.41, 5.74) is 25.1. The van der Waals surface area contributed by atoms with Crippen molar-refractivity contribution in [2.75, 3.05) is 22.9 Å². The molecule has 4 rings (SSSR count). The Bertz CT molecular complexity index is 1350. The van der Waals surface area contributed by atoms with Crippen LogP contribution in [0.15, 0.2) is 72.8 Å². The molecule has 0 amide bonds. The average Bonchev–Trinajstić information content (AvgIpc) is 2.82. The molecule has 0 aliphatic rings. The van der Waals surface area contributed by atoms with Gasteiger partial charge < -0.3 is 22.9 Å². The second kappa shape index (κ2) is 10.6. The molecule has 0 bridgehead atoms. The molecule has 8 N–H and O–H groups in total. The van der Waals surface area contributed by atoms with E-state index in [0.717, 1.165) is 34.6 Å². The molecule has 0 heterocycles. The molecule has 0 aliphatic carbocycles. The Morgan fingerprint density at radius 3 is 0.947 bits per heavy atom. The van der Waals surface area contributed by atoms with E-state index in [1.807, 2.05) is 38.1 Å². The van der Waals surface area contributed by atoms with E-state index in [4.69, 9.17) is 22.9 Å². The van der Waals surface area contributed by atoms with Gasteiger partial charge in [0.15, 0.2) is 0 Å². The highest BCUT2D eigenvalue weighted by atomic mass is 19.4. The number of rotatable bonds is 2. The smallest absolute Gasteiger partial charge is 0.399 e. The summed E-state index contributed by atoms with van der Waals surface area (Å²) in [4.78, 5) is 0. The van der Waals surface area contributed by atoms with Gasteiger partial charge in [-0.1, -0.05) is 24.3 Å². The van der Waals surface area contributed by atoms with Gasteiger partial charge in [-0.2, -0.15) is 26.3 Å². The van der Waals surface area contributed by atoms with E-state index >= 15 is 0 Å². The number of anilines is 4. The zero-order chi connectivity index (χ0) is 28.4. The van der Waals surface area contributed by atoms with Crippen molar-refractivity contribution >= 4 is 22.7 Å². The first-order valence-electron chi connectivity index (χ1n) is 11.2. The molecule has 0 spiro atoms. The van der Waals surface area contributed by atoms with Gasteiger partial charge in [0, 0.05) is 22.7 Å². The first-order valence-corrected chi connectivity index (χ1v) is 11.2. The number of aryl methyl sites for hydroxylation is 2. The van der Waals surface area contributed by atoms with Crippen LogP contribution < -0.4 is 22.9 Å². The first kappa shape index (κ1) is 28.2. The second-order valence-electron chi connectivity index (χ2n) is 8.74. The molecule has 10 heteroatoms. The summed E-state index contributed by atoms with van der Waals surface area (Å²) in [6, 6.07) is 18.0. The van der Waals surface area contributed by atoms with Crippen molar-refractivity contribution in [1.82, 2.24) is 0 Å². The van der Waals surface area contributed by atoms with E-state index in [2.05, 4.69) is 12.1 Å². The number of alkyl halides is 6. The summed E-state index contributed by atoms with van der Waals surface area (Å²) >= 11 is 0. The van der Waals surface area contributed by atoms with E-state index in [9.17, 15) is 26.3 Å². The van der Waals surface area contributed by atoms with Gasteiger partial charge in [-0.25, -0.2) is 0 Å². The fourth-order valence-corrected chi connectivity index (χ4v) is 3.67. The number of hydrogen-bond donors (Lipinski definition) is 4. The lowest BCUT2D eigenvalue weighted by molar-refractivity contribution is -0.137. The van der Waals surface area contributed by atoms with Crippen LogP contribution in [0.1, 0.15) is 22.3 Å². The predicted molar refractivity (Wildman–Crippen MR) is 141 cm³/mol. The molecular formula is C28H26F6N4. The second-order valence-corrected chi connectivity index (χ2v) is 8.74. The highest BCUT2D eigenvalue weighted by Gasteiger charge is 2.35. The molecule has 0 radical (unpaired) electrons. The third kappa shape index (κ3) is 6.50. The van der Waals surface area contributed by atoms with Crippen molar-refractivity contribution in [2.24, 2.45) is 0 Å². The largest absolute Gasteiger partial charge is 0.418 e. The number of halogens is 6. The molecule has 200 valence electrons. The minimum Gasteiger partial charge on any atom is -0.399 e. The maximum Gasteiger partial charge on any atom is 0.418 e. The molecular weight excluding hydrogens is 506 g/mol. The molecule has 38 heavy (non-hydrogen) atoms. The minimum atomic E-state index is -4.69. The van der Waals surface area contributed by atoms with Crippen molar-refractivity contribution in [3.05, 3.63) is 95.1 Å². The summed E-state index contributed by atoms with van der Waals surface area (Å²) in [7, 11) is 0. The third-order valence-corrected chi connectivity index (χ3v) is 5.92. The molecule has 0 aliphatic heterocycles. The summed E-state index contributed by atoms with van der Waals surface area (Å²) in [6.45, 7) is 4.03. The van der Waals surface area contributed by atoms with Crippen LogP contribution in [0.2, 0.25) is 0 Å². The highest BCUT2D eigenvalue weighted by Crippen LogP contribution is 2.39. The molecule has 0 fully saturated rings. The van der Waals surface area contributed by atoms with Gasteiger partial charge in [-0.05, 0) is 95.8 Å². The van der Waals surface area contributed by atoms with E-state index in [0.29, 0.717) is 12.1 Å². The van der Waals surface area contributed by atoms with Crippen molar-refractivity contribution in [3.63, 3.8) is 0 Å². The molecule has 4 aromatic carbocycles. The van der Waals surface area contributed by atoms with Crippen LogP contribution in [-0.2, 0) is 12.4 Å². The van der Waals surface area contributed by atoms with Crippen molar-refractivity contribution in [3.8, 4) is 22.3 Å². The number of benzene rings is 4. The Hall–Kier alpha value is -4.34. The number of nitrogens with two attached hydrogens (primary N) is 4. The van der Waals surface area contributed by atoms with Crippen LogP contribution in [0, 0.1) is 13.8 Å². The van der Waals surface area contributed by atoms with Crippen molar-refractivity contribution in [2.45, 2.75) is 26.2 Å². The van der Waals surface area contributed by atoms with Gasteiger partial charge >= 0.3 is 12.4 Å². The van der Waals surface area contributed by atoms with Crippen LogP contribution in [0.4, 0.5) is 49.1 Å². The minimum absolute atomic E-state index is 0.0352. The van der Waals surface area contributed by atoms with Crippen LogP contribution in [0.3, 0.4) is 0 Å². The van der Waals surface area contributed by atoms with Crippen LogP contribution >= 0.6 is 0 Å². The average molecular weight is 533 g/mol. The molecule has 4 nitrogen and oxygen atoms in total. The number of hydrogen-bond acceptors (Lipinski definition) is 4. The Labute approximate surface area is 215 Å². The predicted octanol–water partition coefficient (Wildman–Crippen LogP) is 7.69. The van der Waals surface area contributed by atoms with E-state index in [1.165, 1.54) is 23.3 Å². The lowest BCUT2D eigenvalue weighted by atomic mass is 9.99.